The number of aromatic hydroxyl groups is 1. The monoisotopic (exact) mass is 1660 g/mol. The number of hydrazine groups is 1. The summed E-state index contributed by atoms with van der Waals surface area (Å²) >= 11 is 14.9. The van der Waals surface area contributed by atoms with Gasteiger partial charge in [-0.25, -0.2) is 14.0 Å². The Kier molecular flexibility index (Phi) is 64.8. The second-order valence-electron chi connectivity index (χ2n) is 21.3. The zero-order valence-corrected chi connectivity index (χ0v) is 73.1. The number of nitrogens with zero attached hydrogens (tertiary/aromatic N) is 8. The number of anilines is 1. The molecule has 7 aromatic rings. The van der Waals surface area contributed by atoms with Crippen LogP contribution >= 0.6 is 71.3 Å². The number of hydrogen-bond acceptors (Lipinski definition) is 17. The predicted molar refractivity (Wildman–Crippen MR) is 408 cm³/mol. The van der Waals surface area contributed by atoms with Crippen LogP contribution in [0.5, 0.6) is 23.0 Å². The van der Waals surface area contributed by atoms with E-state index in [1.165, 1.54) is 75.5 Å². The van der Waals surface area contributed by atoms with Crippen molar-refractivity contribution in [2.45, 2.75) is 152 Å². The van der Waals surface area contributed by atoms with Crippen LogP contribution in [0, 0.1) is 6.92 Å². The second-order valence-corrected chi connectivity index (χ2v) is 28.1. The minimum Gasteiger partial charge on any atom is -1.00 e. The Morgan fingerprint density at radius 1 is 0.626 bits per heavy atom. The summed E-state index contributed by atoms with van der Waals surface area (Å²) in [6, 6.07) is 37.3. The first-order chi connectivity index (χ1) is 46.4. The van der Waals surface area contributed by atoms with Gasteiger partial charge >= 0.3 is 106 Å². The van der Waals surface area contributed by atoms with Crippen molar-refractivity contribution in [1.82, 2.24) is 39.1 Å². The average Bonchev–Trinajstić information content (AvgIpc) is 1.69. The van der Waals surface area contributed by atoms with E-state index >= 15 is 0 Å². The molecule has 5 N–H and O–H groups in total. The molecule has 0 radical (unpaired) electrons. The quantitative estimate of drug-likeness (QED) is 0.00481. The maximum absolute atomic E-state index is 10.5. The number of alkyl halides is 1. The van der Waals surface area contributed by atoms with Crippen molar-refractivity contribution >= 4 is 98.2 Å². The fourth-order valence-corrected chi connectivity index (χ4v) is 9.38. The van der Waals surface area contributed by atoms with Crippen LogP contribution in [0.2, 0.25) is 0 Å². The minimum atomic E-state index is -0.181. The Balaban J connectivity index is -0.000000548. The Bertz CT molecular complexity index is 3080. The van der Waals surface area contributed by atoms with Gasteiger partial charge in [0.2, 0.25) is 0 Å². The first-order valence-electron chi connectivity index (χ1n) is 33.0. The summed E-state index contributed by atoms with van der Waals surface area (Å²) in [5.74, 6) is 8.83. The Morgan fingerprint density at radius 3 is 1.25 bits per heavy atom. The molecule has 28 heteroatoms. The van der Waals surface area contributed by atoms with E-state index in [9.17, 15) is 14.7 Å². The number of nitrogens with two attached hydrogens (primary N) is 1. The number of rotatable bonds is 25. The van der Waals surface area contributed by atoms with Gasteiger partial charge in [0.05, 0.1) is 68.3 Å². The van der Waals surface area contributed by atoms with Gasteiger partial charge in [0, 0.05) is 48.2 Å². The summed E-state index contributed by atoms with van der Waals surface area (Å²) < 4.78 is 22.3. The van der Waals surface area contributed by atoms with E-state index in [0.29, 0.717) is 6.42 Å². The van der Waals surface area contributed by atoms with Crippen LogP contribution in [0.1, 0.15) is 149 Å². The first kappa shape index (κ1) is 101. The number of phenols is 1. The van der Waals surface area contributed by atoms with E-state index in [0.717, 1.165) is 127 Å². The van der Waals surface area contributed by atoms with Crippen molar-refractivity contribution in [3.8, 4) is 40.1 Å². The third-order valence-electron chi connectivity index (χ3n) is 14.4. The molecule has 2 aliphatic rings. The number of aliphatic hydroxyl groups is 1. The van der Waals surface area contributed by atoms with E-state index in [1.54, 1.807) is 40.2 Å². The Hall–Kier alpha value is -2.65. The van der Waals surface area contributed by atoms with Crippen molar-refractivity contribution < 1.29 is 153 Å². The van der Waals surface area contributed by atoms with Gasteiger partial charge in [0.25, 0.3) is 6.47 Å². The van der Waals surface area contributed by atoms with Gasteiger partial charge in [0.1, 0.15) is 35.2 Å². The van der Waals surface area contributed by atoms with Gasteiger partial charge in [-0.1, -0.05) is 48.5 Å². The van der Waals surface area contributed by atoms with Crippen LogP contribution in [0.3, 0.4) is 0 Å². The van der Waals surface area contributed by atoms with Gasteiger partial charge in [-0.15, -0.1) is 71.3 Å². The summed E-state index contributed by atoms with van der Waals surface area (Å²) in [6.45, 7) is 28.0. The number of aliphatic hydroxyl groups excluding tert-OH is 1. The largest absolute Gasteiger partial charge is 1.00 e. The van der Waals surface area contributed by atoms with Crippen molar-refractivity contribution in [1.29, 1.82) is 0 Å². The van der Waals surface area contributed by atoms with E-state index < -0.39 is 0 Å². The maximum atomic E-state index is 10.5. The zero-order valence-electron chi connectivity index (χ0n) is 61.5. The van der Waals surface area contributed by atoms with Crippen LogP contribution in [-0.4, -0.2) is 143 Å². The third kappa shape index (κ3) is 44.0. The fraction of sp³-hybridized carbons (Fsp3) is 0.479. The number of benzene rings is 4. The molecule has 20 nitrogen and oxygen atoms in total. The molecule has 0 amide bonds. The summed E-state index contributed by atoms with van der Waals surface area (Å²) in [4.78, 5) is 37.3. The molecule has 2 aliphatic heterocycles. The van der Waals surface area contributed by atoms with E-state index in [1.807, 2.05) is 70.0 Å². The Morgan fingerprint density at radius 2 is 0.960 bits per heavy atom. The maximum Gasteiger partial charge on any atom is 1.00 e. The molecule has 0 bridgehead atoms. The normalized spacial score (nSPS) is 11.5. The van der Waals surface area contributed by atoms with Gasteiger partial charge in [0.15, 0.2) is 5.78 Å². The zero-order chi connectivity index (χ0) is 71.5. The number of nitrogen functional groups attached to an aromatic ring is 1. The summed E-state index contributed by atoms with van der Waals surface area (Å²) in [5.41, 5.74) is 13.7. The molecule has 0 atom stereocenters. The number of likely N-dealkylation sites (tertiary alicyclic amines) is 2. The number of hydrogen-bond donors (Lipinski definition) is 4. The molecular weight excluding hydrogens is 1550 g/mol. The number of aryl methyl sites for hydroxylation is 6. The van der Waals surface area contributed by atoms with Crippen molar-refractivity contribution in [2.75, 3.05) is 78.0 Å². The molecular formula is C71H107BBr3Cl2K2N10O10+. The SMILES string of the molecule is BrB(Br)Br.CCO.CCc1cc(CC)n(-c2ccc(O)cc2)n1.CCc1cc(CC)n(-c2ccc(OC)cc2)n1.CCc1cc(CC)n(-c2ccc(OCCCN3CCCC3)cc2)n1.COc1ccc(NN)cc1.Cl.ClCCCN1CCCC1.O=CO[O-].[CH2+]CC(=O)CC(=O)CC.[H-].[K+].[K+]. The first-order valence-corrected chi connectivity index (χ1v) is 36.3. The number of ketones is 2. The van der Waals surface area contributed by atoms with Gasteiger partial charge in [-0.2, -0.15) is 15.3 Å². The summed E-state index contributed by atoms with van der Waals surface area (Å²) in [7, 11) is 3.31. The molecule has 2 saturated heterocycles. The number of methoxy groups -OCH3 is 2. The molecule has 3 aromatic heterocycles. The number of halogens is 5. The smallest absolute Gasteiger partial charge is 1.00 e. The molecule has 99 heavy (non-hydrogen) atoms. The number of nitrogens with one attached hydrogen (secondary N) is 1. The standard InChI is InChI=1S/C20H29N3O.C14H18N2O.C13H16N2O.C7H14ClN.C7H10N2O.C7H11O2.C2H6O.CH2O3.BBr3.ClH.2K.H/c1-3-17-16-18(4-2)23(21-17)19-8-10-20(11-9-19)24-15-7-14-22-12-5-6-13-22;1-4-11-10-12(5-2)16(15-11)13-6-8-14(17-3)9-7-13;1-3-10-9-11(4-2)15(14-10)12-5-7-13(16)8-6-12;8-4-3-7-9-5-1-2-6-9;1-10-7-4-2-6(9-8)3-5-7;1-3-6(8)5-7(9)4-2;1-2-3;2-1-4-3;2-1(3)4;;;;/h8-11,16H,3-7,12-15H2,1-2H3;6-10H,4-5H2,1-3H3;5-9,16H,3-4H2,1-2H3;1-7H2;2-5,9H,8H2,1H3;1,3-5H2,2H3;3H,2H2,1H3;1,3H;;1H;;;/q;;;;;+1;;;;;2*+1;-1/p-1. The van der Waals surface area contributed by atoms with Crippen LogP contribution in [-0.2, 0) is 57.8 Å². The van der Waals surface area contributed by atoms with Crippen LogP contribution in [0.15, 0.2) is 115 Å². The number of phenolic OH excluding ortho intramolecular Hbond substituents is 1. The topological polar surface area (TPSA) is 250 Å². The molecule has 0 unspecified atom stereocenters. The van der Waals surface area contributed by atoms with Crippen molar-refractivity contribution in [2.24, 2.45) is 5.84 Å². The van der Waals surface area contributed by atoms with Gasteiger partial charge < -0.3 is 51.2 Å². The molecule has 0 spiro atoms. The number of Topliss-reactive ketones (excluding diaryl/α,β-unsaturated/α-hetero) is 2. The van der Waals surface area contributed by atoms with Crippen LogP contribution < -0.4 is 134 Å². The van der Waals surface area contributed by atoms with Crippen LogP contribution in [0.4, 0.5) is 5.69 Å². The second kappa shape index (κ2) is 63.8. The van der Waals surface area contributed by atoms with E-state index in [4.69, 9.17) is 46.8 Å². The number of aromatic nitrogens is 6. The fourth-order valence-electron chi connectivity index (χ4n) is 9.26. The number of carbonyl (C=O) groups excluding carboxylic acids is 3. The Labute approximate surface area is 713 Å². The van der Waals surface area contributed by atoms with E-state index in [-0.39, 0.29) is 163 Å². The predicted octanol–water partition coefficient (Wildman–Crippen LogP) is 8.54. The molecule has 2 fully saturated rings. The number of carbonyl (C=O) groups is 3. The van der Waals surface area contributed by atoms with E-state index in [2.05, 4.69) is 178 Å². The number of ether oxygens (including phenoxy) is 3. The molecule has 5 heterocycles. The molecule has 9 rings (SSSR count). The van der Waals surface area contributed by atoms with Crippen molar-refractivity contribution in [3.05, 3.63) is 156 Å². The average molecular weight is 1660 g/mol. The third-order valence-corrected chi connectivity index (χ3v) is 14.7. The summed E-state index contributed by atoms with van der Waals surface area (Å²) in [6.07, 6.45) is 14.3. The molecule has 4 aromatic carbocycles. The molecule has 0 saturated carbocycles. The van der Waals surface area contributed by atoms with Crippen LogP contribution in [0.25, 0.3) is 17.1 Å². The van der Waals surface area contributed by atoms with Crippen molar-refractivity contribution in [3.63, 3.8) is 0 Å². The minimum absolute atomic E-state index is 0. The van der Waals surface area contributed by atoms with Gasteiger partial charge in [-0.3, -0.25) is 20.2 Å². The van der Waals surface area contributed by atoms with Gasteiger partial charge in [-0.05, 0) is 232 Å². The molecule has 0 aliphatic carbocycles. The summed E-state index contributed by atoms with van der Waals surface area (Å²) in [5, 5.41) is 39.1. The molecule has 540 valence electrons.